The maximum absolute atomic E-state index is 5.63. The average molecular weight is 240 g/mol. The Kier molecular flexibility index (Phi) is 2.63. The highest BCUT2D eigenvalue weighted by Gasteiger charge is 2.05. The van der Waals surface area contributed by atoms with Crippen molar-refractivity contribution in [2.75, 3.05) is 0 Å². The topological polar surface area (TPSA) is 38.9 Å². The van der Waals surface area contributed by atoms with E-state index in [1.807, 2.05) is 18.2 Å². The minimum absolute atomic E-state index is 0.564. The van der Waals surface area contributed by atoms with E-state index in [1.54, 1.807) is 11.3 Å². The molecule has 0 aliphatic carbocycles. The van der Waals surface area contributed by atoms with E-state index in [0.717, 1.165) is 16.1 Å². The summed E-state index contributed by atoms with van der Waals surface area (Å²) in [5, 5.41) is 1.06. The van der Waals surface area contributed by atoms with Crippen molar-refractivity contribution in [1.82, 2.24) is 4.98 Å². The van der Waals surface area contributed by atoms with Crippen LogP contribution in [0.2, 0.25) is 0 Å². The molecule has 3 aromatic rings. The van der Waals surface area contributed by atoms with Gasteiger partial charge in [0.2, 0.25) is 0 Å². The summed E-state index contributed by atoms with van der Waals surface area (Å²) in [5.74, 6) is 0. The van der Waals surface area contributed by atoms with Crippen molar-refractivity contribution in [2.45, 2.75) is 6.54 Å². The van der Waals surface area contributed by atoms with Crippen LogP contribution in [0, 0.1) is 0 Å². The van der Waals surface area contributed by atoms with E-state index in [-0.39, 0.29) is 0 Å². The van der Waals surface area contributed by atoms with Crippen LogP contribution in [-0.2, 0) is 6.54 Å². The molecule has 2 N–H and O–H groups in total. The molecular weight excluding hydrogens is 228 g/mol. The highest BCUT2D eigenvalue weighted by Crippen LogP contribution is 2.30. The molecule has 0 saturated heterocycles. The highest BCUT2D eigenvalue weighted by atomic mass is 32.1. The lowest BCUT2D eigenvalue weighted by Crippen LogP contribution is -1.94. The molecule has 0 aliphatic rings. The van der Waals surface area contributed by atoms with Crippen LogP contribution in [0.15, 0.2) is 48.5 Å². The molecule has 1 aromatic heterocycles. The zero-order chi connectivity index (χ0) is 11.7. The number of fused-ring (bicyclic) bond motifs is 1. The molecular formula is C14H12N2S. The first-order valence-corrected chi connectivity index (χ1v) is 6.33. The van der Waals surface area contributed by atoms with Gasteiger partial charge in [0.05, 0.1) is 10.2 Å². The predicted octanol–water partition coefficient (Wildman–Crippen LogP) is 3.42. The smallest absolute Gasteiger partial charge is 0.124 e. The molecule has 0 spiro atoms. The maximum Gasteiger partial charge on any atom is 0.124 e. The molecule has 0 radical (unpaired) electrons. The van der Waals surface area contributed by atoms with Crippen molar-refractivity contribution in [3.8, 4) is 10.6 Å². The summed E-state index contributed by atoms with van der Waals surface area (Å²) in [5.41, 5.74) is 8.97. The van der Waals surface area contributed by atoms with E-state index in [4.69, 9.17) is 5.73 Å². The largest absolute Gasteiger partial charge is 0.326 e. The van der Waals surface area contributed by atoms with Crippen molar-refractivity contribution < 1.29 is 0 Å². The van der Waals surface area contributed by atoms with Gasteiger partial charge in [0, 0.05) is 12.1 Å². The minimum Gasteiger partial charge on any atom is -0.326 e. The molecule has 3 heteroatoms. The van der Waals surface area contributed by atoms with Gasteiger partial charge >= 0.3 is 0 Å². The second kappa shape index (κ2) is 4.28. The van der Waals surface area contributed by atoms with Crippen molar-refractivity contribution >= 4 is 21.6 Å². The summed E-state index contributed by atoms with van der Waals surface area (Å²) in [7, 11) is 0. The van der Waals surface area contributed by atoms with E-state index in [2.05, 4.69) is 35.3 Å². The van der Waals surface area contributed by atoms with Crippen LogP contribution in [-0.4, -0.2) is 4.98 Å². The summed E-state index contributed by atoms with van der Waals surface area (Å²) in [4.78, 5) is 4.65. The van der Waals surface area contributed by atoms with Gasteiger partial charge in [-0.25, -0.2) is 4.98 Å². The molecule has 0 amide bonds. The molecule has 0 saturated carbocycles. The third-order valence-electron chi connectivity index (χ3n) is 2.71. The van der Waals surface area contributed by atoms with Gasteiger partial charge in [-0.15, -0.1) is 11.3 Å². The normalized spacial score (nSPS) is 10.9. The summed E-state index contributed by atoms with van der Waals surface area (Å²) in [6.07, 6.45) is 0. The van der Waals surface area contributed by atoms with Crippen LogP contribution in [0.1, 0.15) is 5.56 Å². The quantitative estimate of drug-likeness (QED) is 0.745. The van der Waals surface area contributed by atoms with Crippen LogP contribution in [0.3, 0.4) is 0 Å². The minimum atomic E-state index is 0.564. The molecule has 0 fully saturated rings. The predicted molar refractivity (Wildman–Crippen MR) is 72.9 cm³/mol. The van der Waals surface area contributed by atoms with Crippen molar-refractivity contribution in [3.05, 3.63) is 54.1 Å². The average Bonchev–Trinajstić information content (AvgIpc) is 2.82. The van der Waals surface area contributed by atoms with Crippen LogP contribution in [0.4, 0.5) is 0 Å². The fraction of sp³-hybridized carbons (Fsp3) is 0.0714. The molecule has 84 valence electrons. The monoisotopic (exact) mass is 240 g/mol. The molecule has 2 aromatic carbocycles. The zero-order valence-electron chi connectivity index (χ0n) is 9.26. The van der Waals surface area contributed by atoms with E-state index < -0.39 is 0 Å². The first-order chi connectivity index (χ1) is 8.36. The Labute approximate surface area is 104 Å². The lowest BCUT2D eigenvalue weighted by atomic mass is 10.2. The highest BCUT2D eigenvalue weighted by molar-refractivity contribution is 7.21. The fourth-order valence-corrected chi connectivity index (χ4v) is 2.76. The molecule has 0 unspecified atom stereocenters. The summed E-state index contributed by atoms with van der Waals surface area (Å²) >= 11 is 1.72. The molecule has 3 rings (SSSR count). The molecule has 0 aliphatic heterocycles. The Bertz CT molecular complexity index is 644. The Hall–Kier alpha value is -1.71. The summed E-state index contributed by atoms with van der Waals surface area (Å²) in [6, 6.07) is 16.5. The van der Waals surface area contributed by atoms with Crippen molar-refractivity contribution in [1.29, 1.82) is 0 Å². The number of hydrogen-bond acceptors (Lipinski definition) is 3. The standard InChI is InChI=1S/C14H12N2S/c15-9-10-6-7-13-12(8-10)16-14(17-13)11-4-2-1-3-5-11/h1-8H,9,15H2. The van der Waals surface area contributed by atoms with Gasteiger partial charge in [0.15, 0.2) is 0 Å². The van der Waals surface area contributed by atoms with Gasteiger partial charge in [-0.3, -0.25) is 0 Å². The molecule has 17 heavy (non-hydrogen) atoms. The second-order valence-corrected chi connectivity index (χ2v) is 4.92. The number of nitrogens with two attached hydrogens (primary N) is 1. The number of thiazole rings is 1. The van der Waals surface area contributed by atoms with Gasteiger partial charge in [-0.05, 0) is 17.7 Å². The van der Waals surface area contributed by atoms with Crippen LogP contribution < -0.4 is 5.73 Å². The molecule has 0 bridgehead atoms. The summed E-state index contributed by atoms with van der Waals surface area (Å²) < 4.78 is 1.21. The molecule has 2 nitrogen and oxygen atoms in total. The summed E-state index contributed by atoms with van der Waals surface area (Å²) in [6.45, 7) is 0.564. The SMILES string of the molecule is NCc1ccc2sc(-c3ccccc3)nc2c1. The molecule has 1 heterocycles. The van der Waals surface area contributed by atoms with E-state index in [1.165, 1.54) is 10.3 Å². The Balaban J connectivity index is 2.14. The lowest BCUT2D eigenvalue weighted by Gasteiger charge is -1.93. The third-order valence-corrected chi connectivity index (χ3v) is 3.79. The number of hydrogen-bond donors (Lipinski definition) is 1. The van der Waals surface area contributed by atoms with Gasteiger partial charge in [-0.1, -0.05) is 36.4 Å². The fourth-order valence-electron chi connectivity index (χ4n) is 1.80. The van der Waals surface area contributed by atoms with Crippen LogP contribution in [0.5, 0.6) is 0 Å². The van der Waals surface area contributed by atoms with Gasteiger partial charge < -0.3 is 5.73 Å². The van der Waals surface area contributed by atoms with Gasteiger partial charge in [0.1, 0.15) is 5.01 Å². The Morgan fingerprint density at radius 2 is 1.88 bits per heavy atom. The van der Waals surface area contributed by atoms with E-state index >= 15 is 0 Å². The van der Waals surface area contributed by atoms with Gasteiger partial charge in [0.25, 0.3) is 0 Å². The number of aromatic nitrogens is 1. The van der Waals surface area contributed by atoms with Crippen LogP contribution in [0.25, 0.3) is 20.8 Å². The second-order valence-electron chi connectivity index (χ2n) is 3.89. The zero-order valence-corrected chi connectivity index (χ0v) is 10.1. The Morgan fingerprint density at radius 3 is 2.65 bits per heavy atom. The van der Waals surface area contributed by atoms with Crippen molar-refractivity contribution in [3.63, 3.8) is 0 Å². The van der Waals surface area contributed by atoms with Crippen molar-refractivity contribution in [2.24, 2.45) is 5.73 Å². The lowest BCUT2D eigenvalue weighted by molar-refractivity contribution is 1.07. The van der Waals surface area contributed by atoms with Crippen LogP contribution >= 0.6 is 11.3 Å². The maximum atomic E-state index is 5.63. The number of benzene rings is 2. The molecule has 0 atom stereocenters. The first kappa shape index (κ1) is 10.4. The third kappa shape index (κ3) is 1.95. The van der Waals surface area contributed by atoms with E-state index in [9.17, 15) is 0 Å². The Morgan fingerprint density at radius 1 is 1.06 bits per heavy atom. The first-order valence-electron chi connectivity index (χ1n) is 5.52. The number of nitrogens with zero attached hydrogens (tertiary/aromatic N) is 1. The number of rotatable bonds is 2. The van der Waals surface area contributed by atoms with E-state index in [0.29, 0.717) is 6.54 Å². The van der Waals surface area contributed by atoms with Gasteiger partial charge in [-0.2, -0.15) is 0 Å².